The summed E-state index contributed by atoms with van der Waals surface area (Å²) in [4.78, 5) is 55.1. The number of carbonyl (C=O) groups is 2. The highest BCUT2D eigenvalue weighted by Crippen LogP contribution is 2.15. The number of rotatable bonds is 12. The van der Waals surface area contributed by atoms with Crippen molar-refractivity contribution >= 4 is 23.4 Å². The number of aromatic nitrogens is 2. The second-order valence-electron chi connectivity index (χ2n) is 8.96. The Kier molecular flexibility index (Phi) is 12.2. The van der Waals surface area contributed by atoms with Crippen LogP contribution in [0.4, 0.5) is 11.5 Å². The lowest BCUT2D eigenvalue weighted by molar-refractivity contribution is -0.384. The van der Waals surface area contributed by atoms with Crippen molar-refractivity contribution in [1.82, 2.24) is 14.0 Å². The number of hydrogen-bond donors (Lipinski definition) is 3. The van der Waals surface area contributed by atoms with Gasteiger partial charge in [-0.1, -0.05) is 24.3 Å². The van der Waals surface area contributed by atoms with E-state index in [-0.39, 0.29) is 16.9 Å². The average molecular weight is 572 g/mol. The minimum absolute atomic E-state index is 0.0890. The molecule has 2 aromatic carbocycles. The quantitative estimate of drug-likeness (QED) is 0.163. The summed E-state index contributed by atoms with van der Waals surface area (Å²) < 4.78 is 7.73. The molecule has 3 N–H and O–H groups in total. The summed E-state index contributed by atoms with van der Waals surface area (Å²) in [6.45, 7) is 2.77. The van der Waals surface area contributed by atoms with Crippen molar-refractivity contribution in [1.29, 1.82) is 0 Å². The Morgan fingerprint density at radius 3 is 2.07 bits per heavy atom. The molecular formula is C27H33N5O9. The predicted molar refractivity (Wildman–Crippen MR) is 150 cm³/mol. The van der Waals surface area contributed by atoms with Crippen LogP contribution in [0.1, 0.15) is 17.5 Å². The van der Waals surface area contributed by atoms with Crippen molar-refractivity contribution in [2.75, 3.05) is 32.1 Å². The van der Waals surface area contributed by atoms with Crippen molar-refractivity contribution in [3.8, 4) is 5.75 Å². The Balaban J connectivity index is 0.000000883. The number of aryl methyl sites for hydroxylation is 1. The van der Waals surface area contributed by atoms with Crippen molar-refractivity contribution < 1.29 is 29.5 Å². The number of nitro groups is 1. The third-order valence-corrected chi connectivity index (χ3v) is 6.10. The van der Waals surface area contributed by atoms with Gasteiger partial charge in [-0.05, 0) is 42.6 Å². The largest absolute Gasteiger partial charge is 0.497 e. The normalized spacial score (nSPS) is 10.4. The standard InChI is InChI=1S/C25H31N5O5.C2H2O4/c1-27-23(17-24(31)28(2)25(27)32)26-14-16-29(18-20-8-12-22(35-3)13-9-20)15-4-5-19-6-10-21(11-7-19)30(33)34;3-1(4)2(5)6/h6-13,17,26H,4-5,14-16,18H2,1-3H3;(H,3,4)(H,5,6). The molecular weight excluding hydrogens is 538 g/mol. The lowest BCUT2D eigenvalue weighted by Gasteiger charge is -2.23. The summed E-state index contributed by atoms with van der Waals surface area (Å²) in [5.74, 6) is -2.37. The molecule has 0 amide bonds. The molecule has 0 fully saturated rings. The fourth-order valence-electron chi connectivity index (χ4n) is 3.79. The van der Waals surface area contributed by atoms with Crippen molar-refractivity contribution in [2.45, 2.75) is 19.4 Å². The number of anilines is 1. The molecule has 0 unspecified atom stereocenters. The summed E-state index contributed by atoms with van der Waals surface area (Å²) >= 11 is 0. The third-order valence-electron chi connectivity index (χ3n) is 6.10. The minimum atomic E-state index is -1.82. The Morgan fingerprint density at radius 2 is 1.54 bits per heavy atom. The maximum absolute atomic E-state index is 12.2. The number of ether oxygens (including phenoxy) is 1. The van der Waals surface area contributed by atoms with Crippen LogP contribution >= 0.6 is 0 Å². The molecule has 0 aliphatic rings. The number of nitro benzene ring substituents is 1. The minimum Gasteiger partial charge on any atom is -0.497 e. The molecule has 220 valence electrons. The number of aliphatic carboxylic acids is 2. The highest BCUT2D eigenvalue weighted by atomic mass is 16.6. The van der Waals surface area contributed by atoms with Crippen LogP contribution in [-0.4, -0.2) is 67.9 Å². The second kappa shape index (κ2) is 15.6. The van der Waals surface area contributed by atoms with Crippen LogP contribution in [0.15, 0.2) is 64.2 Å². The Hall–Kier alpha value is -4.98. The number of methoxy groups -OCH3 is 1. The summed E-state index contributed by atoms with van der Waals surface area (Å²) in [5, 5.41) is 28.8. The van der Waals surface area contributed by atoms with E-state index in [1.807, 2.05) is 24.3 Å². The molecule has 0 aliphatic carbocycles. The number of carboxylic acid groups (broad SMARTS) is 2. The Morgan fingerprint density at radius 1 is 0.951 bits per heavy atom. The highest BCUT2D eigenvalue weighted by molar-refractivity contribution is 6.27. The molecule has 0 bridgehead atoms. The zero-order valence-corrected chi connectivity index (χ0v) is 23.0. The molecule has 14 nitrogen and oxygen atoms in total. The third kappa shape index (κ3) is 10.3. The monoisotopic (exact) mass is 571 g/mol. The molecule has 41 heavy (non-hydrogen) atoms. The van der Waals surface area contributed by atoms with Gasteiger partial charge < -0.3 is 20.3 Å². The molecule has 0 spiro atoms. The maximum atomic E-state index is 12.2. The fourth-order valence-corrected chi connectivity index (χ4v) is 3.79. The van der Waals surface area contributed by atoms with Gasteiger partial charge >= 0.3 is 17.6 Å². The fraction of sp³-hybridized carbons (Fsp3) is 0.333. The van der Waals surface area contributed by atoms with Gasteiger partial charge in [0.2, 0.25) is 0 Å². The first-order chi connectivity index (χ1) is 19.4. The number of non-ortho nitro benzene ring substituents is 1. The molecule has 0 saturated carbocycles. The molecule has 0 saturated heterocycles. The van der Waals surface area contributed by atoms with Crippen LogP contribution in [0.25, 0.3) is 0 Å². The van der Waals surface area contributed by atoms with E-state index >= 15 is 0 Å². The van der Waals surface area contributed by atoms with Gasteiger partial charge in [0, 0.05) is 51.9 Å². The van der Waals surface area contributed by atoms with Crippen molar-refractivity contribution in [2.24, 2.45) is 14.1 Å². The lowest BCUT2D eigenvalue weighted by atomic mass is 10.1. The predicted octanol–water partition coefficient (Wildman–Crippen LogP) is 1.70. The highest BCUT2D eigenvalue weighted by Gasteiger charge is 2.10. The van der Waals surface area contributed by atoms with E-state index in [9.17, 15) is 19.7 Å². The number of nitrogens with one attached hydrogen (secondary N) is 1. The summed E-state index contributed by atoms with van der Waals surface area (Å²) in [6.07, 6.45) is 1.67. The number of hydrogen-bond acceptors (Lipinski definition) is 9. The van der Waals surface area contributed by atoms with Gasteiger partial charge in [-0.3, -0.25) is 28.9 Å². The molecule has 0 radical (unpaired) electrons. The summed E-state index contributed by atoms with van der Waals surface area (Å²) in [6, 6.07) is 16.0. The maximum Gasteiger partial charge on any atom is 0.414 e. The first-order valence-corrected chi connectivity index (χ1v) is 12.5. The first kappa shape index (κ1) is 32.2. The van der Waals surface area contributed by atoms with Crippen molar-refractivity contribution in [3.63, 3.8) is 0 Å². The zero-order valence-electron chi connectivity index (χ0n) is 23.0. The van der Waals surface area contributed by atoms with Gasteiger partial charge in [-0.15, -0.1) is 0 Å². The van der Waals surface area contributed by atoms with Crippen molar-refractivity contribution in [3.05, 3.63) is 96.7 Å². The van der Waals surface area contributed by atoms with E-state index < -0.39 is 16.9 Å². The molecule has 0 atom stereocenters. The summed E-state index contributed by atoms with van der Waals surface area (Å²) in [5.41, 5.74) is 1.55. The van der Waals surface area contributed by atoms with Gasteiger partial charge in [-0.2, -0.15) is 0 Å². The van der Waals surface area contributed by atoms with Gasteiger partial charge in [0.15, 0.2) is 0 Å². The van der Waals surface area contributed by atoms with Gasteiger partial charge in [-0.25, -0.2) is 14.4 Å². The van der Waals surface area contributed by atoms with E-state index in [1.54, 1.807) is 26.3 Å². The smallest absolute Gasteiger partial charge is 0.414 e. The first-order valence-electron chi connectivity index (χ1n) is 12.5. The van der Waals surface area contributed by atoms with Crippen LogP contribution in [0.5, 0.6) is 5.75 Å². The van der Waals surface area contributed by atoms with Gasteiger partial charge in [0.1, 0.15) is 11.6 Å². The second-order valence-corrected chi connectivity index (χ2v) is 8.96. The lowest BCUT2D eigenvalue weighted by Crippen LogP contribution is -2.38. The topological polar surface area (TPSA) is 186 Å². The van der Waals surface area contributed by atoms with Crippen LogP contribution in [0.2, 0.25) is 0 Å². The van der Waals surface area contributed by atoms with Gasteiger partial charge in [0.25, 0.3) is 11.2 Å². The molecule has 14 heteroatoms. The molecule has 1 aromatic heterocycles. The van der Waals surface area contributed by atoms with Crippen LogP contribution < -0.4 is 21.3 Å². The van der Waals surface area contributed by atoms with E-state index in [4.69, 9.17) is 24.5 Å². The SMILES string of the molecule is COc1ccc(CN(CCCc2ccc([N+](=O)[O-])cc2)CCNc2cc(=O)n(C)c(=O)n2C)cc1.O=C(O)C(=O)O. The summed E-state index contributed by atoms with van der Waals surface area (Å²) in [7, 11) is 4.72. The molecule has 0 aliphatic heterocycles. The van der Waals surface area contributed by atoms with E-state index in [1.165, 1.54) is 29.8 Å². The number of carboxylic acids is 2. The average Bonchev–Trinajstić information content (AvgIpc) is 2.95. The molecule has 1 heterocycles. The van der Waals surface area contributed by atoms with Crippen LogP contribution in [-0.2, 0) is 36.6 Å². The van der Waals surface area contributed by atoms with Gasteiger partial charge in [0.05, 0.1) is 12.0 Å². The van der Waals surface area contributed by atoms with E-state index in [2.05, 4.69) is 10.2 Å². The van der Waals surface area contributed by atoms with E-state index in [0.717, 1.165) is 47.4 Å². The van der Waals surface area contributed by atoms with Crippen LogP contribution in [0, 0.1) is 10.1 Å². The number of nitrogens with zero attached hydrogens (tertiary/aromatic N) is 4. The Labute approximate surface area is 235 Å². The molecule has 3 rings (SSSR count). The van der Waals surface area contributed by atoms with E-state index in [0.29, 0.717) is 18.9 Å². The number of benzene rings is 2. The Bertz CT molecular complexity index is 1440. The van der Waals surface area contributed by atoms with Crippen LogP contribution in [0.3, 0.4) is 0 Å². The zero-order chi connectivity index (χ0) is 30.5. The molecule has 3 aromatic rings.